The van der Waals surface area contributed by atoms with Gasteiger partial charge in [-0.15, -0.1) is 0 Å². The molecule has 3 rings (SSSR count). The van der Waals surface area contributed by atoms with Crippen LogP contribution in [0.5, 0.6) is 11.7 Å². The number of likely N-dealkylation sites (tertiary alicyclic amines) is 1. The predicted molar refractivity (Wildman–Crippen MR) is 78.2 cm³/mol. The highest BCUT2D eigenvalue weighted by atomic mass is 16.6. The molecule has 0 radical (unpaired) electrons. The van der Waals surface area contributed by atoms with Crippen LogP contribution in [0.4, 0.5) is 0 Å². The molecule has 3 heteroatoms. The first-order valence-corrected chi connectivity index (χ1v) is 7.46. The topological polar surface area (TPSA) is 26.8 Å². The van der Waals surface area contributed by atoms with Crippen molar-refractivity contribution in [3.8, 4) is 11.7 Å². The van der Waals surface area contributed by atoms with Gasteiger partial charge in [-0.25, -0.2) is 0 Å². The fourth-order valence-electron chi connectivity index (χ4n) is 2.71. The highest BCUT2D eigenvalue weighted by Gasteiger charge is 2.16. The number of ether oxygens (including phenoxy) is 1. The van der Waals surface area contributed by atoms with Crippen LogP contribution < -0.4 is 9.64 Å². The van der Waals surface area contributed by atoms with E-state index in [1.807, 2.05) is 36.4 Å². The number of benzene rings is 1. The average molecular weight is 272 g/mol. The minimum Gasteiger partial charge on any atom is -0.426 e. The van der Waals surface area contributed by atoms with Crippen LogP contribution in [0.2, 0.25) is 0 Å². The van der Waals surface area contributed by atoms with Crippen LogP contribution in [0.1, 0.15) is 30.6 Å². The molecule has 0 amide bonds. The Hall–Kier alpha value is -1.74. The van der Waals surface area contributed by atoms with Crippen molar-refractivity contribution in [2.45, 2.75) is 32.7 Å². The van der Waals surface area contributed by atoms with E-state index in [9.17, 15) is 0 Å². The van der Waals surface area contributed by atoms with E-state index >= 15 is 0 Å². The van der Waals surface area contributed by atoms with E-state index in [0.29, 0.717) is 5.95 Å². The van der Waals surface area contributed by atoms with Crippen molar-refractivity contribution in [2.24, 2.45) is 0 Å². The summed E-state index contributed by atoms with van der Waals surface area (Å²) in [5.41, 5.74) is 1.23. The average Bonchev–Trinajstić information content (AvgIpc) is 2.90. The molecule has 106 valence electrons. The van der Waals surface area contributed by atoms with E-state index in [1.165, 1.54) is 37.9 Å². The maximum atomic E-state index is 5.78. The number of hydrogen-bond acceptors (Lipinski definition) is 2. The van der Waals surface area contributed by atoms with Crippen molar-refractivity contribution < 1.29 is 14.1 Å². The Morgan fingerprint density at radius 3 is 2.50 bits per heavy atom. The standard InChI is InChI=1S/C17H21NO2/c1-14-5-7-15(8-6-14)19-17-10-9-16(20-17)13-18-11-3-2-4-12-18/h5-10H,2-4,11-13H2,1H3/p+1. The quantitative estimate of drug-likeness (QED) is 0.926. The van der Waals surface area contributed by atoms with Crippen molar-refractivity contribution in [3.63, 3.8) is 0 Å². The third-order valence-corrected chi connectivity index (χ3v) is 3.86. The van der Waals surface area contributed by atoms with Gasteiger partial charge in [-0.1, -0.05) is 17.7 Å². The van der Waals surface area contributed by atoms with Gasteiger partial charge >= 0.3 is 0 Å². The molecule has 1 aliphatic rings. The van der Waals surface area contributed by atoms with Gasteiger partial charge in [0.25, 0.3) is 5.95 Å². The molecule has 0 spiro atoms. The molecule has 1 aliphatic heterocycles. The number of piperidine rings is 1. The van der Waals surface area contributed by atoms with Crippen molar-refractivity contribution in [3.05, 3.63) is 47.7 Å². The molecule has 0 saturated carbocycles. The van der Waals surface area contributed by atoms with Crippen LogP contribution >= 0.6 is 0 Å². The lowest BCUT2D eigenvalue weighted by Gasteiger charge is -2.22. The first-order valence-electron chi connectivity index (χ1n) is 7.46. The maximum Gasteiger partial charge on any atom is 0.290 e. The van der Waals surface area contributed by atoms with Crippen molar-refractivity contribution in [2.75, 3.05) is 13.1 Å². The van der Waals surface area contributed by atoms with Crippen LogP contribution in [-0.4, -0.2) is 13.1 Å². The lowest BCUT2D eigenvalue weighted by Crippen LogP contribution is -3.11. The van der Waals surface area contributed by atoms with Gasteiger partial charge in [0.1, 0.15) is 12.3 Å². The Kier molecular flexibility index (Phi) is 4.07. The molecule has 3 nitrogen and oxygen atoms in total. The first kappa shape index (κ1) is 13.3. The second kappa shape index (κ2) is 6.14. The van der Waals surface area contributed by atoms with Gasteiger partial charge in [-0.05, 0) is 44.4 Å². The summed E-state index contributed by atoms with van der Waals surface area (Å²) >= 11 is 0. The zero-order valence-electron chi connectivity index (χ0n) is 12.0. The van der Waals surface area contributed by atoms with Gasteiger partial charge in [0.15, 0.2) is 5.76 Å². The number of nitrogens with one attached hydrogen (secondary N) is 1. The molecule has 0 atom stereocenters. The number of aryl methyl sites for hydroxylation is 1. The Morgan fingerprint density at radius 1 is 1.00 bits per heavy atom. The molecule has 20 heavy (non-hydrogen) atoms. The Morgan fingerprint density at radius 2 is 1.75 bits per heavy atom. The third kappa shape index (κ3) is 3.42. The van der Waals surface area contributed by atoms with Gasteiger partial charge in [0.05, 0.1) is 13.1 Å². The van der Waals surface area contributed by atoms with Crippen LogP contribution in [0.25, 0.3) is 0 Å². The number of rotatable bonds is 4. The number of hydrogen-bond donors (Lipinski definition) is 1. The molecule has 0 aliphatic carbocycles. The zero-order chi connectivity index (χ0) is 13.8. The largest absolute Gasteiger partial charge is 0.426 e. The Bertz CT molecular complexity index is 538. The number of furan rings is 1. The summed E-state index contributed by atoms with van der Waals surface area (Å²) in [4.78, 5) is 1.62. The summed E-state index contributed by atoms with van der Waals surface area (Å²) in [7, 11) is 0. The van der Waals surface area contributed by atoms with E-state index < -0.39 is 0 Å². The van der Waals surface area contributed by atoms with Crippen LogP contribution in [0.15, 0.2) is 40.8 Å². The molecule has 1 N–H and O–H groups in total. The van der Waals surface area contributed by atoms with Gasteiger partial charge in [0, 0.05) is 6.07 Å². The first-order chi connectivity index (χ1) is 9.79. The fourth-order valence-corrected chi connectivity index (χ4v) is 2.71. The summed E-state index contributed by atoms with van der Waals surface area (Å²) < 4.78 is 11.5. The minimum absolute atomic E-state index is 0.584. The van der Waals surface area contributed by atoms with Gasteiger partial charge in [-0.2, -0.15) is 0 Å². The molecule has 2 heterocycles. The summed E-state index contributed by atoms with van der Waals surface area (Å²) in [6, 6.07) is 12.0. The molecular formula is C17H22NO2+. The monoisotopic (exact) mass is 272 g/mol. The van der Waals surface area contributed by atoms with E-state index in [-0.39, 0.29) is 0 Å². The second-order valence-corrected chi connectivity index (χ2v) is 5.62. The lowest BCUT2D eigenvalue weighted by atomic mass is 10.1. The van der Waals surface area contributed by atoms with Crippen molar-refractivity contribution in [1.29, 1.82) is 0 Å². The Balaban J connectivity index is 1.60. The summed E-state index contributed by atoms with van der Waals surface area (Å²) in [6.07, 6.45) is 4.05. The van der Waals surface area contributed by atoms with Gasteiger partial charge < -0.3 is 14.1 Å². The fraction of sp³-hybridized carbons (Fsp3) is 0.412. The SMILES string of the molecule is Cc1ccc(Oc2ccc(C[NH+]3CCCCC3)o2)cc1. The molecule has 2 aromatic rings. The maximum absolute atomic E-state index is 5.78. The van der Waals surface area contributed by atoms with E-state index in [4.69, 9.17) is 9.15 Å². The third-order valence-electron chi connectivity index (χ3n) is 3.86. The molecule has 1 aromatic carbocycles. The molecule has 0 bridgehead atoms. The summed E-state index contributed by atoms with van der Waals surface area (Å²) in [6.45, 7) is 5.55. The zero-order valence-corrected chi connectivity index (χ0v) is 12.0. The minimum atomic E-state index is 0.584. The Labute approximate surface area is 120 Å². The highest BCUT2D eigenvalue weighted by Crippen LogP contribution is 2.23. The van der Waals surface area contributed by atoms with Crippen molar-refractivity contribution >= 4 is 0 Å². The number of quaternary nitrogens is 1. The molecule has 1 aromatic heterocycles. The molecular weight excluding hydrogens is 250 g/mol. The highest BCUT2D eigenvalue weighted by molar-refractivity contribution is 5.29. The van der Waals surface area contributed by atoms with Gasteiger partial charge in [-0.3, -0.25) is 0 Å². The molecule has 1 saturated heterocycles. The van der Waals surface area contributed by atoms with E-state index in [2.05, 4.69) is 6.92 Å². The normalized spacial score (nSPS) is 16.2. The van der Waals surface area contributed by atoms with E-state index in [0.717, 1.165) is 18.1 Å². The van der Waals surface area contributed by atoms with Gasteiger partial charge in [0.2, 0.25) is 0 Å². The smallest absolute Gasteiger partial charge is 0.290 e. The summed E-state index contributed by atoms with van der Waals surface area (Å²) in [5, 5.41) is 0. The molecule has 0 unspecified atom stereocenters. The van der Waals surface area contributed by atoms with Crippen molar-refractivity contribution in [1.82, 2.24) is 0 Å². The van der Waals surface area contributed by atoms with Crippen LogP contribution in [0, 0.1) is 6.92 Å². The lowest BCUT2D eigenvalue weighted by molar-refractivity contribution is -0.919. The van der Waals surface area contributed by atoms with Crippen LogP contribution in [0.3, 0.4) is 0 Å². The predicted octanol–water partition coefficient (Wildman–Crippen LogP) is 2.95. The molecule has 1 fully saturated rings. The second-order valence-electron chi connectivity index (χ2n) is 5.62. The van der Waals surface area contributed by atoms with Crippen LogP contribution in [-0.2, 0) is 6.54 Å². The van der Waals surface area contributed by atoms with E-state index in [1.54, 1.807) is 4.90 Å². The summed E-state index contributed by atoms with van der Waals surface area (Å²) in [5.74, 6) is 2.42.